The molecule has 50 nitrogen and oxygen atoms in total. The van der Waals surface area contributed by atoms with Crippen LogP contribution in [0.15, 0.2) is 0 Å². The van der Waals surface area contributed by atoms with Crippen LogP contribution in [0.3, 0.4) is 0 Å². The molecule has 0 spiro atoms. The molecule has 5 amide bonds. The van der Waals surface area contributed by atoms with E-state index in [-0.39, 0.29) is 0 Å². The molecule has 0 saturated carbocycles. The van der Waals surface area contributed by atoms with Crippen LogP contribution < -0.4 is 26.6 Å². The molecule has 114 heavy (non-hydrogen) atoms. The highest BCUT2D eigenvalue weighted by Crippen LogP contribution is 2.41. The summed E-state index contributed by atoms with van der Waals surface area (Å²) in [7, 11) is 0. The summed E-state index contributed by atoms with van der Waals surface area (Å²) in [4.78, 5) is 63.9. The number of aliphatic hydroxyl groups excluding tert-OH is 23. The summed E-state index contributed by atoms with van der Waals surface area (Å²) in [6.07, 6.45) is -82.9. The molecule has 0 aliphatic carbocycles. The Morgan fingerprint density at radius 2 is 0.553 bits per heavy atom. The van der Waals surface area contributed by atoms with Gasteiger partial charge in [-0.2, -0.15) is 0 Å². The Kier molecular flexibility index (Phi) is 33.6. The minimum Gasteiger partial charge on any atom is -0.394 e. The maximum Gasteiger partial charge on any atom is 0.217 e. The molecule has 0 aromatic rings. The maximum atomic E-state index is 13.6. The fraction of sp³-hybridized carbons (Fsp3) is 0.922. The maximum absolute atomic E-state index is 13.6. The number of ether oxygens (including phenoxy) is 17. The molecule has 9 heterocycles. The minimum atomic E-state index is -2.60. The Morgan fingerprint density at radius 3 is 1.01 bits per heavy atom. The standard InChI is InChI=1S/C64H107N5O45/c1-15-34(82)44(92)47(95)61(99-15)111-52-33(69-20(6)81)60(106-27(13-76)51(52)110-57-30(66-17(3)78)40(88)35(83)21(7-70)101-57)114-55-46(94)38(86)24(10-73)104-64(55)112-53-39(87)28(14-98-63-54(45(93)37(85)23(9-72)103-63)113-58-31(67-18(4)79)41(89)36(84)22(8-71)102-58)107-62(48(53)96)109-50-26(12-75)105-59(32(43(50)91)68-19(5)80)108-49-25(11-74)100-56(97)29(42(49)90)65-16(2)77/h15,21-64,70-76,82-97H,7-14H2,1-6H3,(H,65,77)(H,66,78)(H,67,79)(H,68,80)(H,69,81)/t15-,21+,22+,23+,24+,25+,26+,27+,28+,29+,30+,31+,32+,33+,34+,35-,36+,37+,38+,39+,40+,41+,42+,43+,44+,45-,46-,47-,48-,49+,50+,51+,52+,53-,54-,55-,56-,57-,58-,59-,60-,61-,62-,63-,64+/m0/s1. The van der Waals surface area contributed by atoms with Crippen LogP contribution in [0.1, 0.15) is 41.5 Å². The van der Waals surface area contributed by atoms with Crippen molar-refractivity contribution in [3.8, 4) is 0 Å². The molecule has 9 fully saturated rings. The molecule has 0 aromatic carbocycles. The molecule has 0 aromatic heterocycles. The lowest BCUT2D eigenvalue weighted by Gasteiger charge is -2.52. The van der Waals surface area contributed by atoms with Crippen LogP contribution in [0.2, 0.25) is 0 Å². The van der Waals surface area contributed by atoms with Gasteiger partial charge >= 0.3 is 0 Å². The van der Waals surface area contributed by atoms with E-state index in [0.717, 1.165) is 34.6 Å². The van der Waals surface area contributed by atoms with E-state index in [1.807, 2.05) is 0 Å². The van der Waals surface area contributed by atoms with Crippen molar-refractivity contribution in [3.63, 3.8) is 0 Å². The van der Waals surface area contributed by atoms with Crippen molar-refractivity contribution < 1.29 is 222 Å². The van der Waals surface area contributed by atoms with E-state index in [4.69, 9.17) is 80.5 Å². The number of nitrogens with one attached hydrogen (secondary N) is 5. The average Bonchev–Trinajstić information content (AvgIpc) is 0.767. The second-order valence-corrected chi connectivity index (χ2v) is 28.9. The highest BCUT2D eigenvalue weighted by molar-refractivity contribution is 5.75. The van der Waals surface area contributed by atoms with E-state index in [1.165, 1.54) is 6.92 Å². The van der Waals surface area contributed by atoms with Gasteiger partial charge in [-0.15, -0.1) is 0 Å². The van der Waals surface area contributed by atoms with Crippen molar-refractivity contribution in [2.24, 2.45) is 0 Å². The normalized spacial score (nSPS) is 48.2. The van der Waals surface area contributed by atoms with Crippen molar-refractivity contribution in [2.45, 2.75) is 318 Å². The van der Waals surface area contributed by atoms with Gasteiger partial charge in [0.2, 0.25) is 29.5 Å². The average molecular weight is 1670 g/mol. The summed E-state index contributed by atoms with van der Waals surface area (Å²) in [6, 6.07) is -9.13. The number of hydrogen-bond donors (Lipinski definition) is 28. The van der Waals surface area contributed by atoms with Gasteiger partial charge in [-0.3, -0.25) is 24.0 Å². The first-order chi connectivity index (χ1) is 53.9. The summed E-state index contributed by atoms with van der Waals surface area (Å²) < 4.78 is 103. The van der Waals surface area contributed by atoms with Crippen LogP contribution in [0, 0.1) is 0 Å². The summed E-state index contributed by atoms with van der Waals surface area (Å²) in [5, 5.41) is 270. The predicted octanol–water partition coefficient (Wildman–Crippen LogP) is -18.9. The van der Waals surface area contributed by atoms with Crippen molar-refractivity contribution in [3.05, 3.63) is 0 Å². The number of amides is 5. The van der Waals surface area contributed by atoms with E-state index in [0.29, 0.717) is 0 Å². The monoisotopic (exact) mass is 1670 g/mol. The minimum absolute atomic E-state index is 0.787. The molecule has 0 bridgehead atoms. The Bertz CT molecular complexity index is 3080. The van der Waals surface area contributed by atoms with Crippen LogP contribution >= 0.6 is 0 Å². The van der Waals surface area contributed by atoms with Gasteiger partial charge in [-0.25, -0.2) is 0 Å². The molecule has 0 unspecified atom stereocenters. The van der Waals surface area contributed by atoms with Gasteiger partial charge < -0.3 is 225 Å². The summed E-state index contributed by atoms with van der Waals surface area (Å²) in [6.45, 7) is -2.78. The molecule has 45 atom stereocenters. The molecule has 0 radical (unpaired) electrons. The highest BCUT2D eigenvalue weighted by Gasteiger charge is 2.62. The third kappa shape index (κ3) is 20.8. The molecule has 9 saturated heterocycles. The van der Waals surface area contributed by atoms with Gasteiger partial charge in [0.15, 0.2) is 56.6 Å². The molecule has 28 N–H and O–H groups in total. The van der Waals surface area contributed by atoms with Crippen LogP contribution in [-0.4, -0.2) is 476 Å². The predicted molar refractivity (Wildman–Crippen MR) is 354 cm³/mol. The number of rotatable bonds is 29. The van der Waals surface area contributed by atoms with E-state index < -0.39 is 358 Å². The topological polar surface area (TPSA) is 768 Å². The zero-order chi connectivity index (χ0) is 84.1. The fourth-order valence-electron chi connectivity index (χ4n) is 14.8. The summed E-state index contributed by atoms with van der Waals surface area (Å²) in [5.74, 6) is -4.44. The lowest BCUT2D eigenvalue weighted by molar-refractivity contribution is -0.402. The van der Waals surface area contributed by atoms with Crippen molar-refractivity contribution in [1.29, 1.82) is 0 Å². The van der Waals surface area contributed by atoms with Gasteiger partial charge in [0.25, 0.3) is 0 Å². The lowest BCUT2D eigenvalue weighted by Crippen LogP contribution is -2.72. The first kappa shape index (κ1) is 93.6. The van der Waals surface area contributed by atoms with E-state index >= 15 is 0 Å². The largest absolute Gasteiger partial charge is 0.394 e. The summed E-state index contributed by atoms with van der Waals surface area (Å²) in [5.41, 5.74) is 0. The Hall–Kier alpha value is -4.25. The van der Waals surface area contributed by atoms with E-state index in [2.05, 4.69) is 26.6 Å². The third-order valence-electron chi connectivity index (χ3n) is 20.7. The zero-order valence-electron chi connectivity index (χ0n) is 61.9. The quantitative estimate of drug-likeness (QED) is 0.0331. The first-order valence-corrected chi connectivity index (χ1v) is 36.5. The number of carbonyl (C=O) groups excluding carboxylic acids is 5. The van der Waals surface area contributed by atoms with Crippen molar-refractivity contribution >= 4 is 29.5 Å². The third-order valence-corrected chi connectivity index (χ3v) is 20.7. The second-order valence-electron chi connectivity index (χ2n) is 28.9. The van der Waals surface area contributed by atoms with Gasteiger partial charge in [-0.1, -0.05) is 0 Å². The van der Waals surface area contributed by atoms with Gasteiger partial charge in [0.05, 0.1) is 59.0 Å². The molecular weight excluding hydrogens is 1560 g/mol. The molecule has 9 aliphatic heterocycles. The first-order valence-electron chi connectivity index (χ1n) is 36.5. The number of hydrogen-bond acceptors (Lipinski definition) is 45. The number of carbonyl (C=O) groups is 5. The Morgan fingerprint density at radius 1 is 0.246 bits per heavy atom. The smallest absolute Gasteiger partial charge is 0.217 e. The van der Waals surface area contributed by atoms with Crippen molar-refractivity contribution in [1.82, 2.24) is 26.6 Å². The Labute approximate surface area is 646 Å². The Balaban J connectivity index is 1.10. The zero-order valence-corrected chi connectivity index (χ0v) is 61.9. The molecule has 9 aliphatic rings. The van der Waals surface area contributed by atoms with E-state index in [1.54, 1.807) is 0 Å². The van der Waals surface area contributed by atoms with Crippen LogP contribution in [0.4, 0.5) is 0 Å². The van der Waals surface area contributed by atoms with Crippen LogP contribution in [0.5, 0.6) is 0 Å². The van der Waals surface area contributed by atoms with Crippen LogP contribution in [-0.2, 0) is 104 Å². The SMILES string of the molecule is CC(=O)N[C@@H]1[C@@H](O)[C@H](O[C@@H]2O[C@H](CO)[C@@H](O[C@@H]3O[C@H](CO[C@H]4O[C@H](CO)[C@@H](O)[C@H](O)[C@@H]4O[C@@H]4O[C@H](CO)[C@@H](O)[C@H](O)[C@H]4NC(C)=O)[C@@H](O)[C@H](O[C@H]4O[C@H](CO)[C@@H](O)[C@H](O)[C@@H]4O[C@@H]4O[C@H](CO)[C@@H](O[C@@H]5O[C@H](CO)[C@H](O)[C@H](O)[C@H]5NC(C)=O)[C@H](O[C@@H]5O[C@@H](C)[C@@H](O)[C@@H](O)[C@@H]5O)[C@H]4NC(C)=O)[C@@H]3O)[C@H](O)[C@H]2NC(C)=O)[C@@H](CO)O[C@@H]1O. The van der Waals surface area contributed by atoms with Gasteiger partial charge in [0, 0.05) is 34.6 Å². The second kappa shape index (κ2) is 40.9. The van der Waals surface area contributed by atoms with Gasteiger partial charge in [-0.05, 0) is 6.92 Å². The molecule has 50 heteroatoms. The fourth-order valence-corrected chi connectivity index (χ4v) is 14.8. The van der Waals surface area contributed by atoms with Gasteiger partial charge in [0.1, 0.15) is 213 Å². The summed E-state index contributed by atoms with van der Waals surface area (Å²) >= 11 is 0. The molecular formula is C64H107N5O45. The van der Waals surface area contributed by atoms with Crippen LogP contribution in [0.25, 0.3) is 0 Å². The van der Waals surface area contributed by atoms with E-state index in [9.17, 15) is 141 Å². The molecule has 9 rings (SSSR count). The molecule has 658 valence electrons. The lowest BCUT2D eigenvalue weighted by atomic mass is 9.93. The number of aliphatic hydroxyl groups is 23. The van der Waals surface area contributed by atoms with Crippen molar-refractivity contribution in [2.75, 3.05) is 52.9 Å². The highest BCUT2D eigenvalue weighted by atomic mass is 16.8.